The molecule has 0 aliphatic heterocycles. The van der Waals surface area contributed by atoms with Crippen LogP contribution in [0.2, 0.25) is 0 Å². The van der Waals surface area contributed by atoms with Crippen LogP contribution < -0.4 is 20.9 Å². The number of nitrogens with one attached hydrogen (secondary N) is 3. The Bertz CT molecular complexity index is 846. The Morgan fingerprint density at radius 3 is 2.48 bits per heavy atom. The van der Waals surface area contributed by atoms with Gasteiger partial charge in [-0.25, -0.2) is 0 Å². The van der Waals surface area contributed by atoms with Crippen molar-refractivity contribution in [3.63, 3.8) is 0 Å². The van der Waals surface area contributed by atoms with Crippen LogP contribution >= 0.6 is 28.1 Å². The Kier molecular flexibility index (Phi) is 9.59. The lowest BCUT2D eigenvalue weighted by atomic mass is 10.2. The molecule has 0 fully saturated rings. The molecule has 0 saturated carbocycles. The number of unbranched alkanes of at least 4 members (excludes halogenated alkanes) is 3. The molecule has 2 amide bonds. The summed E-state index contributed by atoms with van der Waals surface area (Å²) < 4.78 is 6.53. The summed E-state index contributed by atoms with van der Waals surface area (Å²) in [5.41, 5.74) is 5.81. The quantitative estimate of drug-likeness (QED) is 0.299. The molecule has 0 aliphatic rings. The Hall–Kier alpha value is -2.45. The van der Waals surface area contributed by atoms with E-state index >= 15 is 0 Å². The zero-order valence-electron chi connectivity index (χ0n) is 16.2. The zero-order chi connectivity index (χ0) is 21.1. The van der Waals surface area contributed by atoms with E-state index in [0.29, 0.717) is 23.5 Å². The van der Waals surface area contributed by atoms with Crippen LogP contribution in [0.5, 0.6) is 5.75 Å². The smallest absolute Gasteiger partial charge is 0.269 e. The molecule has 3 N–H and O–H groups in total. The number of carbonyl (C=O) groups is 2. The summed E-state index contributed by atoms with van der Waals surface area (Å²) >= 11 is 8.47. The molecule has 0 bridgehead atoms. The minimum absolute atomic E-state index is 0.0202. The highest BCUT2D eigenvalue weighted by atomic mass is 79.9. The molecule has 0 unspecified atom stereocenters. The third kappa shape index (κ3) is 7.83. The molecule has 0 aliphatic carbocycles. The third-order valence-electron chi connectivity index (χ3n) is 3.99. The first kappa shape index (κ1) is 22.8. The van der Waals surface area contributed by atoms with Gasteiger partial charge in [0.15, 0.2) is 5.11 Å². The lowest BCUT2D eigenvalue weighted by Crippen LogP contribution is -2.48. The van der Waals surface area contributed by atoms with Crippen molar-refractivity contribution >= 4 is 45.1 Å². The molecule has 0 aromatic heterocycles. The van der Waals surface area contributed by atoms with E-state index in [9.17, 15) is 9.59 Å². The van der Waals surface area contributed by atoms with Gasteiger partial charge in [-0.15, -0.1) is 0 Å². The van der Waals surface area contributed by atoms with Gasteiger partial charge in [0.25, 0.3) is 11.8 Å². The van der Waals surface area contributed by atoms with Gasteiger partial charge in [-0.1, -0.05) is 60.3 Å². The predicted octanol–water partition coefficient (Wildman–Crippen LogP) is 4.36. The fraction of sp³-hybridized carbons (Fsp3) is 0.286. The first-order chi connectivity index (χ1) is 14.0. The molecule has 29 heavy (non-hydrogen) atoms. The number of rotatable bonds is 8. The first-order valence-corrected chi connectivity index (χ1v) is 10.6. The van der Waals surface area contributed by atoms with Crippen molar-refractivity contribution in [2.45, 2.75) is 32.6 Å². The van der Waals surface area contributed by atoms with Gasteiger partial charge in [-0.05, 0) is 49.0 Å². The molecular formula is C21H24BrN3O3S. The van der Waals surface area contributed by atoms with Crippen molar-refractivity contribution in [1.82, 2.24) is 16.2 Å². The minimum atomic E-state index is -0.429. The number of hydrogen-bond acceptors (Lipinski definition) is 4. The highest BCUT2D eigenvalue weighted by Gasteiger charge is 2.15. The third-order valence-corrected chi connectivity index (χ3v) is 4.69. The van der Waals surface area contributed by atoms with E-state index in [0.717, 1.165) is 30.2 Å². The van der Waals surface area contributed by atoms with E-state index in [2.05, 4.69) is 39.0 Å². The lowest BCUT2D eigenvalue weighted by Gasteiger charge is -2.14. The van der Waals surface area contributed by atoms with Gasteiger partial charge in [0, 0.05) is 10.0 Å². The number of ether oxygens (including phenoxy) is 1. The average Bonchev–Trinajstić information content (AvgIpc) is 2.73. The SMILES string of the molecule is CCCCCCOc1ccc(Br)cc1C(=O)NC(=S)NNC(=O)c1ccccc1. The van der Waals surface area contributed by atoms with E-state index < -0.39 is 5.91 Å². The van der Waals surface area contributed by atoms with Crippen LogP contribution in [0.25, 0.3) is 0 Å². The standard InChI is InChI=1S/C21H24BrN3O3S/c1-2-3-4-8-13-28-18-12-11-16(22)14-17(18)20(27)23-21(29)25-24-19(26)15-9-6-5-7-10-15/h5-7,9-12,14H,2-4,8,13H2,1H3,(H,24,26)(H2,23,25,27,29). The number of hydrazine groups is 1. The number of hydrogen-bond donors (Lipinski definition) is 3. The monoisotopic (exact) mass is 477 g/mol. The zero-order valence-corrected chi connectivity index (χ0v) is 18.6. The Labute approximate surface area is 184 Å². The van der Waals surface area contributed by atoms with Crippen molar-refractivity contribution < 1.29 is 14.3 Å². The largest absolute Gasteiger partial charge is 0.493 e. The van der Waals surface area contributed by atoms with E-state index in [1.165, 1.54) is 0 Å². The number of carbonyl (C=O) groups excluding carboxylic acids is 2. The Morgan fingerprint density at radius 1 is 1.00 bits per heavy atom. The maximum Gasteiger partial charge on any atom is 0.269 e. The van der Waals surface area contributed by atoms with Crippen LogP contribution in [0.15, 0.2) is 53.0 Å². The summed E-state index contributed by atoms with van der Waals surface area (Å²) in [7, 11) is 0. The van der Waals surface area contributed by atoms with Crippen LogP contribution in [0.1, 0.15) is 53.3 Å². The number of thiocarbonyl (C=S) groups is 1. The number of benzene rings is 2. The van der Waals surface area contributed by atoms with Crippen molar-refractivity contribution in [3.8, 4) is 5.75 Å². The summed E-state index contributed by atoms with van der Waals surface area (Å²) in [4.78, 5) is 24.7. The van der Waals surface area contributed by atoms with Gasteiger partial charge in [0.2, 0.25) is 0 Å². The van der Waals surface area contributed by atoms with Crippen molar-refractivity contribution in [3.05, 3.63) is 64.1 Å². The summed E-state index contributed by atoms with van der Waals surface area (Å²) in [5, 5.41) is 2.53. The van der Waals surface area contributed by atoms with E-state index in [-0.39, 0.29) is 11.0 Å². The van der Waals surface area contributed by atoms with Crippen molar-refractivity contribution in [1.29, 1.82) is 0 Å². The summed E-state index contributed by atoms with van der Waals surface area (Å²) in [6, 6.07) is 13.9. The molecule has 2 aromatic carbocycles. The molecule has 0 radical (unpaired) electrons. The fourth-order valence-electron chi connectivity index (χ4n) is 2.49. The van der Waals surface area contributed by atoms with Gasteiger partial charge < -0.3 is 4.74 Å². The normalized spacial score (nSPS) is 10.1. The van der Waals surface area contributed by atoms with Crippen LogP contribution in [-0.2, 0) is 0 Å². The molecule has 2 rings (SSSR count). The van der Waals surface area contributed by atoms with Gasteiger partial charge >= 0.3 is 0 Å². The molecule has 2 aromatic rings. The van der Waals surface area contributed by atoms with Gasteiger partial charge in [0.1, 0.15) is 5.75 Å². The van der Waals surface area contributed by atoms with Crippen molar-refractivity contribution in [2.75, 3.05) is 6.61 Å². The molecule has 8 heteroatoms. The number of amides is 2. The maximum atomic E-state index is 12.6. The number of halogens is 1. The summed E-state index contributed by atoms with van der Waals surface area (Å²) in [6.07, 6.45) is 4.32. The van der Waals surface area contributed by atoms with Gasteiger partial charge in [0.05, 0.1) is 12.2 Å². The van der Waals surface area contributed by atoms with Crippen LogP contribution in [-0.4, -0.2) is 23.5 Å². The maximum absolute atomic E-state index is 12.6. The Morgan fingerprint density at radius 2 is 1.76 bits per heavy atom. The van der Waals surface area contributed by atoms with Crippen LogP contribution in [0.3, 0.4) is 0 Å². The van der Waals surface area contributed by atoms with E-state index in [4.69, 9.17) is 17.0 Å². The second kappa shape index (κ2) is 12.2. The van der Waals surface area contributed by atoms with E-state index in [1.54, 1.807) is 36.4 Å². The van der Waals surface area contributed by atoms with Crippen LogP contribution in [0.4, 0.5) is 0 Å². The molecular weight excluding hydrogens is 454 g/mol. The first-order valence-electron chi connectivity index (χ1n) is 9.40. The lowest BCUT2D eigenvalue weighted by molar-refractivity contribution is 0.0933. The molecule has 0 saturated heterocycles. The highest BCUT2D eigenvalue weighted by molar-refractivity contribution is 9.10. The highest BCUT2D eigenvalue weighted by Crippen LogP contribution is 2.23. The second-order valence-electron chi connectivity index (χ2n) is 6.28. The molecule has 154 valence electrons. The van der Waals surface area contributed by atoms with Gasteiger partial charge in [-0.2, -0.15) is 0 Å². The summed E-state index contributed by atoms with van der Waals surface area (Å²) in [6.45, 7) is 2.69. The topological polar surface area (TPSA) is 79.5 Å². The minimum Gasteiger partial charge on any atom is -0.493 e. The second-order valence-corrected chi connectivity index (χ2v) is 7.60. The molecule has 0 spiro atoms. The van der Waals surface area contributed by atoms with Crippen LogP contribution in [0, 0.1) is 0 Å². The molecule has 0 heterocycles. The van der Waals surface area contributed by atoms with E-state index in [1.807, 2.05) is 12.1 Å². The molecule has 6 nitrogen and oxygen atoms in total. The predicted molar refractivity (Wildman–Crippen MR) is 121 cm³/mol. The molecule has 0 atom stereocenters. The van der Waals surface area contributed by atoms with Crippen molar-refractivity contribution in [2.24, 2.45) is 0 Å². The summed E-state index contributed by atoms with van der Waals surface area (Å²) in [5.74, 6) is -0.305. The Balaban J connectivity index is 1.90. The average molecular weight is 478 g/mol. The van der Waals surface area contributed by atoms with Gasteiger partial charge in [-0.3, -0.25) is 25.8 Å². The fourth-order valence-corrected chi connectivity index (χ4v) is 3.00.